The molecule has 0 fully saturated rings. The molecule has 0 saturated heterocycles. The molecule has 2 heterocycles. The Morgan fingerprint density at radius 1 is 1.77 bits per heavy atom. The Kier molecular flexibility index (Phi) is 2.20. The minimum Gasteiger partial charge on any atom is -0.450 e. The number of rotatable bonds is 1. The summed E-state index contributed by atoms with van der Waals surface area (Å²) in [6.07, 6.45) is -0.766. The van der Waals surface area contributed by atoms with Gasteiger partial charge in [-0.15, -0.1) is 11.3 Å². The zero-order chi connectivity index (χ0) is 9.26. The van der Waals surface area contributed by atoms with E-state index in [2.05, 4.69) is 5.32 Å². The molecule has 0 spiro atoms. The van der Waals surface area contributed by atoms with Gasteiger partial charge in [0.1, 0.15) is 0 Å². The summed E-state index contributed by atoms with van der Waals surface area (Å²) in [7, 11) is 0. The Morgan fingerprint density at radius 2 is 2.62 bits per heavy atom. The quantitative estimate of drug-likeness (QED) is 0.674. The third-order valence-corrected chi connectivity index (χ3v) is 2.96. The molecule has 0 amide bonds. The van der Waals surface area contributed by atoms with Crippen LogP contribution in [0.5, 0.6) is 0 Å². The molecule has 1 atom stereocenters. The minimum absolute atomic E-state index is 0.471. The first kappa shape index (κ1) is 8.52. The Bertz CT molecular complexity index is 323. The van der Waals surface area contributed by atoms with Crippen LogP contribution in [0.1, 0.15) is 16.7 Å². The average molecular weight is 199 g/mol. The van der Waals surface area contributed by atoms with Crippen molar-refractivity contribution >= 4 is 17.5 Å². The van der Waals surface area contributed by atoms with E-state index in [1.54, 1.807) is 0 Å². The van der Waals surface area contributed by atoms with Crippen molar-refractivity contribution in [1.29, 1.82) is 0 Å². The molecule has 1 aliphatic rings. The maximum atomic E-state index is 10.3. The van der Waals surface area contributed by atoms with Crippen LogP contribution < -0.4 is 5.32 Å². The van der Waals surface area contributed by atoms with Gasteiger partial charge in [0.2, 0.25) is 0 Å². The molecule has 70 valence electrons. The summed E-state index contributed by atoms with van der Waals surface area (Å²) < 4.78 is 4.69. The minimum atomic E-state index is -1.24. The Balaban J connectivity index is 2.20. The molecular weight excluding hydrogens is 190 g/mol. The lowest BCUT2D eigenvalue weighted by Crippen LogP contribution is -2.31. The summed E-state index contributed by atoms with van der Waals surface area (Å²) in [6.45, 7) is 0.766. The van der Waals surface area contributed by atoms with Crippen LogP contribution in [0.2, 0.25) is 0 Å². The van der Waals surface area contributed by atoms with Crippen molar-refractivity contribution in [3.05, 3.63) is 21.9 Å². The number of fused-ring (bicyclic) bond motifs is 1. The number of nitrogens with one attached hydrogen (secondary N) is 1. The van der Waals surface area contributed by atoms with Gasteiger partial charge in [-0.1, -0.05) is 0 Å². The molecule has 2 rings (SSSR count). The van der Waals surface area contributed by atoms with Crippen molar-refractivity contribution in [2.45, 2.75) is 12.6 Å². The van der Waals surface area contributed by atoms with E-state index in [0.717, 1.165) is 17.8 Å². The molecule has 0 bridgehead atoms. The van der Waals surface area contributed by atoms with Crippen LogP contribution in [0.4, 0.5) is 4.79 Å². The summed E-state index contributed by atoms with van der Waals surface area (Å²) in [5.41, 5.74) is 1.19. The van der Waals surface area contributed by atoms with Crippen LogP contribution in [0.15, 0.2) is 11.4 Å². The van der Waals surface area contributed by atoms with Crippen molar-refractivity contribution in [2.24, 2.45) is 0 Å². The van der Waals surface area contributed by atoms with E-state index in [1.165, 1.54) is 16.9 Å². The second kappa shape index (κ2) is 3.35. The highest BCUT2D eigenvalue weighted by Gasteiger charge is 2.23. The molecule has 1 aromatic heterocycles. The highest BCUT2D eigenvalue weighted by atomic mass is 32.1. The number of ether oxygens (including phenoxy) is 1. The van der Waals surface area contributed by atoms with Gasteiger partial charge in [-0.25, -0.2) is 4.79 Å². The predicted molar refractivity (Wildman–Crippen MR) is 47.9 cm³/mol. The van der Waals surface area contributed by atoms with Gasteiger partial charge in [0.05, 0.1) is 4.88 Å². The lowest BCUT2D eigenvalue weighted by Gasteiger charge is -2.22. The maximum absolute atomic E-state index is 10.3. The molecule has 2 N–H and O–H groups in total. The normalized spacial score (nSPS) is 20.8. The Hall–Kier alpha value is -1.07. The predicted octanol–water partition coefficient (Wildman–Crippen LogP) is 1.59. The van der Waals surface area contributed by atoms with Crippen LogP contribution in [-0.2, 0) is 11.2 Å². The number of thiophene rings is 1. The van der Waals surface area contributed by atoms with Crippen LogP contribution in [-0.4, -0.2) is 17.8 Å². The van der Waals surface area contributed by atoms with Crippen LogP contribution in [0.25, 0.3) is 0 Å². The van der Waals surface area contributed by atoms with E-state index < -0.39 is 12.4 Å². The second-order valence-electron chi connectivity index (χ2n) is 2.78. The summed E-state index contributed by atoms with van der Waals surface area (Å²) in [4.78, 5) is 11.3. The standard InChI is InChI=1S/C8H9NO3S/c10-8(11)12-7-6-5(1-3-9-7)2-4-13-6/h2,4,7,9H,1,3H2,(H,10,11). The largest absolute Gasteiger partial charge is 0.507 e. The van der Waals surface area contributed by atoms with Crippen LogP contribution in [0, 0.1) is 0 Å². The SMILES string of the molecule is O=C(O)OC1NCCc2ccsc21. The fraction of sp³-hybridized carbons (Fsp3) is 0.375. The first-order valence-electron chi connectivity index (χ1n) is 3.96. The third-order valence-electron chi connectivity index (χ3n) is 1.96. The first-order chi connectivity index (χ1) is 6.27. The van der Waals surface area contributed by atoms with Crippen molar-refractivity contribution < 1.29 is 14.6 Å². The molecule has 5 heteroatoms. The fourth-order valence-corrected chi connectivity index (χ4v) is 2.37. The molecule has 1 aliphatic heterocycles. The van der Waals surface area contributed by atoms with Crippen LogP contribution in [0.3, 0.4) is 0 Å². The van der Waals surface area contributed by atoms with Gasteiger partial charge in [-0.2, -0.15) is 0 Å². The summed E-state index contributed by atoms with van der Waals surface area (Å²) >= 11 is 1.52. The third kappa shape index (κ3) is 1.66. The number of carboxylic acid groups (broad SMARTS) is 1. The topological polar surface area (TPSA) is 58.6 Å². The highest BCUT2D eigenvalue weighted by Crippen LogP contribution is 2.28. The van der Waals surface area contributed by atoms with Crippen molar-refractivity contribution in [3.63, 3.8) is 0 Å². The smallest absolute Gasteiger partial charge is 0.450 e. The van der Waals surface area contributed by atoms with Gasteiger partial charge in [-0.05, 0) is 23.4 Å². The molecule has 13 heavy (non-hydrogen) atoms. The van der Waals surface area contributed by atoms with Gasteiger partial charge in [0, 0.05) is 6.54 Å². The molecule has 0 saturated carbocycles. The lowest BCUT2D eigenvalue weighted by molar-refractivity contribution is 0.0351. The molecule has 0 aromatic carbocycles. The van der Waals surface area contributed by atoms with Gasteiger partial charge in [0.25, 0.3) is 0 Å². The highest BCUT2D eigenvalue weighted by molar-refractivity contribution is 7.10. The summed E-state index contributed by atoms with van der Waals surface area (Å²) in [5, 5.41) is 13.4. The molecule has 4 nitrogen and oxygen atoms in total. The van der Waals surface area contributed by atoms with Gasteiger partial charge < -0.3 is 9.84 Å². The van der Waals surface area contributed by atoms with E-state index in [9.17, 15) is 4.79 Å². The van der Waals surface area contributed by atoms with E-state index in [1.807, 2.05) is 11.4 Å². The van der Waals surface area contributed by atoms with Gasteiger partial charge in [-0.3, -0.25) is 5.32 Å². The fourth-order valence-electron chi connectivity index (χ4n) is 1.41. The number of hydrogen-bond donors (Lipinski definition) is 2. The molecule has 0 aliphatic carbocycles. The molecular formula is C8H9NO3S. The van der Waals surface area contributed by atoms with Gasteiger partial charge in [0.15, 0.2) is 6.23 Å². The van der Waals surface area contributed by atoms with Crippen LogP contribution >= 0.6 is 11.3 Å². The zero-order valence-electron chi connectivity index (χ0n) is 6.82. The van der Waals surface area contributed by atoms with Crippen molar-refractivity contribution in [2.75, 3.05) is 6.54 Å². The summed E-state index contributed by atoms with van der Waals surface area (Å²) in [5.74, 6) is 0. The molecule has 1 aromatic rings. The lowest BCUT2D eigenvalue weighted by atomic mass is 10.1. The van der Waals surface area contributed by atoms with Gasteiger partial charge >= 0.3 is 6.16 Å². The average Bonchev–Trinajstić information content (AvgIpc) is 2.51. The van der Waals surface area contributed by atoms with Crippen molar-refractivity contribution in [3.8, 4) is 0 Å². The number of hydrogen-bond acceptors (Lipinski definition) is 4. The monoisotopic (exact) mass is 199 g/mol. The first-order valence-corrected chi connectivity index (χ1v) is 4.84. The van der Waals surface area contributed by atoms with E-state index in [4.69, 9.17) is 9.84 Å². The Morgan fingerprint density at radius 3 is 3.38 bits per heavy atom. The van der Waals surface area contributed by atoms with E-state index in [-0.39, 0.29) is 0 Å². The summed E-state index contributed by atoms with van der Waals surface area (Å²) in [6, 6.07) is 2.01. The maximum Gasteiger partial charge on any atom is 0.507 e. The van der Waals surface area contributed by atoms with E-state index >= 15 is 0 Å². The number of carbonyl (C=O) groups is 1. The van der Waals surface area contributed by atoms with E-state index in [0.29, 0.717) is 0 Å². The molecule has 1 unspecified atom stereocenters. The second-order valence-corrected chi connectivity index (χ2v) is 3.73. The Labute approximate surface area is 79.1 Å². The van der Waals surface area contributed by atoms with Crippen molar-refractivity contribution in [1.82, 2.24) is 5.32 Å². The molecule has 0 radical (unpaired) electrons. The zero-order valence-corrected chi connectivity index (χ0v) is 7.63.